The van der Waals surface area contributed by atoms with Gasteiger partial charge in [0.05, 0.1) is 17.8 Å². The highest BCUT2D eigenvalue weighted by Crippen LogP contribution is 2.65. The molecule has 0 aromatic rings. The van der Waals surface area contributed by atoms with Gasteiger partial charge in [0.2, 0.25) is 0 Å². The molecular formula is C22H36O4. The molecule has 4 heteroatoms. The fourth-order valence-electron chi connectivity index (χ4n) is 7.48. The number of fused-ring (bicyclic) bond motifs is 4. The van der Waals surface area contributed by atoms with Gasteiger partial charge >= 0.3 is 5.97 Å². The van der Waals surface area contributed by atoms with E-state index in [1.807, 2.05) is 0 Å². The molecular weight excluding hydrogens is 328 g/mol. The third-order valence-corrected chi connectivity index (χ3v) is 8.50. The first-order chi connectivity index (χ1) is 12.0. The maximum absolute atomic E-state index is 11.9. The van der Waals surface area contributed by atoms with Crippen LogP contribution in [-0.2, 0) is 19.0 Å². The number of esters is 1. The Hall–Kier alpha value is -0.610. The van der Waals surface area contributed by atoms with Crippen molar-refractivity contribution in [1.29, 1.82) is 0 Å². The number of rotatable bonds is 1. The van der Waals surface area contributed by atoms with Crippen LogP contribution in [0.25, 0.3) is 0 Å². The molecule has 4 aliphatic rings. The van der Waals surface area contributed by atoms with Crippen molar-refractivity contribution in [1.82, 2.24) is 0 Å². The molecule has 0 spiro atoms. The van der Waals surface area contributed by atoms with Gasteiger partial charge in [-0.25, -0.2) is 0 Å². The van der Waals surface area contributed by atoms with E-state index >= 15 is 0 Å². The molecule has 2 saturated heterocycles. The minimum absolute atomic E-state index is 0.0561. The fraction of sp³-hybridized carbons (Fsp3) is 0.955. The van der Waals surface area contributed by atoms with Crippen LogP contribution >= 0.6 is 0 Å². The number of carbonyl (C=O) groups excluding carboxylic acids is 1. The van der Waals surface area contributed by atoms with Crippen molar-refractivity contribution in [3.8, 4) is 0 Å². The molecule has 26 heavy (non-hydrogen) atoms. The van der Waals surface area contributed by atoms with Crippen molar-refractivity contribution < 1.29 is 19.0 Å². The number of hydrogen-bond acceptors (Lipinski definition) is 4. The van der Waals surface area contributed by atoms with Gasteiger partial charge in [-0.05, 0) is 56.3 Å². The zero-order valence-electron chi connectivity index (χ0n) is 17.4. The summed E-state index contributed by atoms with van der Waals surface area (Å²) >= 11 is 0. The summed E-state index contributed by atoms with van der Waals surface area (Å²) in [6, 6.07) is 0. The van der Waals surface area contributed by atoms with E-state index < -0.39 is 0 Å². The second-order valence-electron chi connectivity index (χ2n) is 10.8. The summed E-state index contributed by atoms with van der Waals surface area (Å²) in [6.07, 6.45) is 6.79. The first-order valence-electron chi connectivity index (χ1n) is 10.5. The lowest BCUT2D eigenvalue weighted by atomic mass is 9.44. The average molecular weight is 365 g/mol. The Labute approximate surface area is 158 Å². The molecule has 0 aromatic heterocycles. The van der Waals surface area contributed by atoms with E-state index in [0.717, 1.165) is 19.3 Å². The van der Waals surface area contributed by atoms with Crippen LogP contribution in [0.3, 0.4) is 0 Å². The first kappa shape index (κ1) is 18.7. The molecule has 4 rings (SSSR count). The number of ether oxygens (including phenoxy) is 3. The smallest absolute Gasteiger partial charge is 0.302 e. The quantitative estimate of drug-likeness (QED) is 0.643. The predicted molar refractivity (Wildman–Crippen MR) is 99.8 cm³/mol. The molecule has 2 saturated carbocycles. The van der Waals surface area contributed by atoms with Gasteiger partial charge in [0.25, 0.3) is 0 Å². The lowest BCUT2D eigenvalue weighted by molar-refractivity contribution is -0.299. The first-order valence-corrected chi connectivity index (χ1v) is 10.5. The van der Waals surface area contributed by atoms with E-state index in [0.29, 0.717) is 18.4 Å². The van der Waals surface area contributed by atoms with Crippen LogP contribution in [0, 0.1) is 22.7 Å². The Balaban J connectivity index is 1.76. The molecule has 2 heterocycles. The van der Waals surface area contributed by atoms with Gasteiger partial charge in [0.1, 0.15) is 12.2 Å². The Morgan fingerprint density at radius 3 is 2.38 bits per heavy atom. The molecule has 0 unspecified atom stereocenters. The van der Waals surface area contributed by atoms with E-state index in [2.05, 4.69) is 34.6 Å². The molecule has 0 aromatic carbocycles. The van der Waals surface area contributed by atoms with E-state index in [-0.39, 0.29) is 40.2 Å². The Morgan fingerprint density at radius 2 is 1.77 bits per heavy atom. The van der Waals surface area contributed by atoms with Crippen LogP contribution in [0.4, 0.5) is 0 Å². The van der Waals surface area contributed by atoms with Gasteiger partial charge in [0.15, 0.2) is 0 Å². The van der Waals surface area contributed by atoms with Gasteiger partial charge in [0, 0.05) is 19.3 Å². The standard InChI is InChI=1S/C22H36O4/c1-14(23)25-15-12-22(6)16(8-11-21(5)17(26-22)13-24-21)20(4)10-7-9-19(2,3)18(15)20/h15-18H,7-13H2,1-6H3/t15-,16+,17+,18-,20+,21+,22+/m0/s1. The second kappa shape index (κ2) is 5.70. The zero-order chi connectivity index (χ0) is 19.0. The molecule has 0 N–H and O–H groups in total. The predicted octanol–water partition coefficient (Wildman–Crippen LogP) is 4.50. The minimum Gasteiger partial charge on any atom is -0.462 e. The zero-order valence-corrected chi connectivity index (χ0v) is 17.4. The van der Waals surface area contributed by atoms with E-state index in [9.17, 15) is 4.79 Å². The molecule has 4 fully saturated rings. The van der Waals surface area contributed by atoms with Crippen molar-refractivity contribution in [3.63, 3.8) is 0 Å². The van der Waals surface area contributed by atoms with Crippen LogP contribution in [0.1, 0.15) is 80.1 Å². The highest BCUT2D eigenvalue weighted by Gasteiger charge is 2.66. The molecule has 0 bridgehead atoms. The lowest BCUT2D eigenvalue weighted by Gasteiger charge is -2.64. The normalized spacial score (nSPS) is 52.5. The third-order valence-electron chi connectivity index (χ3n) is 8.50. The molecule has 2 aliphatic carbocycles. The summed E-state index contributed by atoms with van der Waals surface area (Å²) in [6.45, 7) is 13.9. The Kier molecular flexibility index (Phi) is 4.11. The summed E-state index contributed by atoms with van der Waals surface area (Å²) in [5.41, 5.74) is -0.0620. The summed E-state index contributed by atoms with van der Waals surface area (Å²) in [7, 11) is 0. The molecule has 0 amide bonds. The van der Waals surface area contributed by atoms with E-state index in [4.69, 9.17) is 14.2 Å². The molecule has 2 aliphatic heterocycles. The van der Waals surface area contributed by atoms with Crippen molar-refractivity contribution >= 4 is 5.97 Å². The highest BCUT2D eigenvalue weighted by molar-refractivity contribution is 5.66. The largest absolute Gasteiger partial charge is 0.462 e. The van der Waals surface area contributed by atoms with Gasteiger partial charge in [-0.1, -0.05) is 27.2 Å². The molecule has 4 nitrogen and oxygen atoms in total. The number of hydrogen-bond donors (Lipinski definition) is 0. The third kappa shape index (κ3) is 2.58. The van der Waals surface area contributed by atoms with Gasteiger partial charge in [-0.2, -0.15) is 0 Å². The Morgan fingerprint density at radius 1 is 1.04 bits per heavy atom. The fourth-order valence-corrected chi connectivity index (χ4v) is 7.48. The number of carbonyl (C=O) groups is 1. The summed E-state index contributed by atoms with van der Waals surface area (Å²) in [4.78, 5) is 11.9. The topological polar surface area (TPSA) is 44.8 Å². The summed E-state index contributed by atoms with van der Waals surface area (Å²) in [5.74, 6) is 0.711. The monoisotopic (exact) mass is 364 g/mol. The van der Waals surface area contributed by atoms with Crippen LogP contribution in [0.2, 0.25) is 0 Å². The van der Waals surface area contributed by atoms with Crippen molar-refractivity contribution in [2.75, 3.05) is 6.61 Å². The maximum atomic E-state index is 11.9. The van der Waals surface area contributed by atoms with E-state index in [1.54, 1.807) is 6.92 Å². The molecule has 7 atom stereocenters. The van der Waals surface area contributed by atoms with Gasteiger partial charge in [-0.3, -0.25) is 4.79 Å². The summed E-state index contributed by atoms with van der Waals surface area (Å²) < 4.78 is 18.7. The maximum Gasteiger partial charge on any atom is 0.302 e. The van der Waals surface area contributed by atoms with Crippen LogP contribution in [0.15, 0.2) is 0 Å². The van der Waals surface area contributed by atoms with Gasteiger partial charge in [-0.15, -0.1) is 0 Å². The van der Waals surface area contributed by atoms with Crippen molar-refractivity contribution in [2.24, 2.45) is 22.7 Å². The minimum atomic E-state index is -0.245. The van der Waals surface area contributed by atoms with Crippen molar-refractivity contribution in [3.05, 3.63) is 0 Å². The SMILES string of the molecule is CC(=O)O[C@H]1C[C@@]2(C)O[C@@H]3CO[C@]3(C)CC[C@@H]2[C@@]2(C)CCCC(C)(C)[C@H]12. The summed E-state index contributed by atoms with van der Waals surface area (Å²) in [5, 5.41) is 0. The average Bonchev–Trinajstić information content (AvgIpc) is 2.55. The molecule has 148 valence electrons. The van der Waals surface area contributed by atoms with Gasteiger partial charge < -0.3 is 14.2 Å². The second-order valence-corrected chi connectivity index (χ2v) is 10.8. The molecule has 0 radical (unpaired) electrons. The van der Waals surface area contributed by atoms with Crippen LogP contribution in [-0.4, -0.2) is 36.0 Å². The highest BCUT2D eigenvalue weighted by atomic mass is 16.6. The van der Waals surface area contributed by atoms with Crippen molar-refractivity contribution in [2.45, 2.75) is 103 Å². The van der Waals surface area contributed by atoms with Crippen LogP contribution in [0.5, 0.6) is 0 Å². The lowest BCUT2D eigenvalue weighted by Crippen LogP contribution is -2.65. The van der Waals surface area contributed by atoms with E-state index in [1.165, 1.54) is 19.3 Å². The van der Waals surface area contributed by atoms with Crippen LogP contribution < -0.4 is 0 Å². The Bertz CT molecular complexity index is 601.